The highest BCUT2D eigenvalue weighted by Gasteiger charge is 2.57. The maximum Gasteiger partial charge on any atom is 0.0388 e. The van der Waals surface area contributed by atoms with Crippen molar-refractivity contribution in [2.45, 2.75) is 57.9 Å². The Labute approximate surface area is 106 Å². The lowest BCUT2D eigenvalue weighted by Gasteiger charge is -2.50. The highest BCUT2D eigenvalue weighted by molar-refractivity contribution is 5.12. The van der Waals surface area contributed by atoms with E-state index in [0.717, 1.165) is 18.4 Å². The molecular weight excluding hydrogens is 208 g/mol. The molecule has 98 valence electrons. The van der Waals surface area contributed by atoms with E-state index in [1.54, 1.807) is 0 Å². The van der Waals surface area contributed by atoms with Gasteiger partial charge in [-0.05, 0) is 62.3 Å². The van der Waals surface area contributed by atoms with Crippen LogP contribution in [-0.4, -0.2) is 30.1 Å². The SMILES string of the molecule is CC1(C)CCCN(C(CN)(C2CC2)C2CC2)C1. The Morgan fingerprint density at radius 3 is 2.18 bits per heavy atom. The number of nitrogens with two attached hydrogens (primary N) is 1. The van der Waals surface area contributed by atoms with Gasteiger partial charge in [0.2, 0.25) is 0 Å². The predicted molar refractivity (Wildman–Crippen MR) is 71.8 cm³/mol. The molecule has 2 saturated carbocycles. The Hall–Kier alpha value is -0.0800. The van der Waals surface area contributed by atoms with E-state index in [0.29, 0.717) is 11.0 Å². The zero-order valence-corrected chi connectivity index (χ0v) is 11.5. The molecule has 2 nitrogen and oxygen atoms in total. The van der Waals surface area contributed by atoms with E-state index in [1.165, 1.54) is 51.6 Å². The third-order valence-electron chi connectivity index (χ3n) is 5.38. The molecule has 0 radical (unpaired) electrons. The van der Waals surface area contributed by atoms with E-state index < -0.39 is 0 Å². The molecule has 0 spiro atoms. The molecule has 3 rings (SSSR count). The quantitative estimate of drug-likeness (QED) is 0.813. The first kappa shape index (κ1) is 12.0. The maximum atomic E-state index is 6.27. The number of hydrogen-bond acceptors (Lipinski definition) is 2. The van der Waals surface area contributed by atoms with Crippen molar-refractivity contribution in [3.8, 4) is 0 Å². The molecule has 2 heteroatoms. The smallest absolute Gasteiger partial charge is 0.0388 e. The molecule has 0 aromatic heterocycles. The van der Waals surface area contributed by atoms with Gasteiger partial charge in [0.25, 0.3) is 0 Å². The summed E-state index contributed by atoms with van der Waals surface area (Å²) < 4.78 is 0. The van der Waals surface area contributed by atoms with Gasteiger partial charge in [0.15, 0.2) is 0 Å². The molecule has 17 heavy (non-hydrogen) atoms. The molecule has 2 N–H and O–H groups in total. The van der Waals surface area contributed by atoms with Gasteiger partial charge in [-0.1, -0.05) is 13.8 Å². The van der Waals surface area contributed by atoms with Gasteiger partial charge in [0, 0.05) is 18.6 Å². The van der Waals surface area contributed by atoms with E-state index in [4.69, 9.17) is 5.73 Å². The fraction of sp³-hybridized carbons (Fsp3) is 1.00. The van der Waals surface area contributed by atoms with E-state index in [9.17, 15) is 0 Å². The Morgan fingerprint density at radius 1 is 1.18 bits per heavy atom. The summed E-state index contributed by atoms with van der Waals surface area (Å²) in [6.45, 7) is 8.34. The van der Waals surface area contributed by atoms with Crippen molar-refractivity contribution < 1.29 is 0 Å². The van der Waals surface area contributed by atoms with Crippen LogP contribution in [0.1, 0.15) is 52.4 Å². The van der Waals surface area contributed by atoms with Crippen molar-refractivity contribution in [2.24, 2.45) is 23.0 Å². The summed E-state index contributed by atoms with van der Waals surface area (Å²) in [4.78, 5) is 2.81. The largest absolute Gasteiger partial charge is 0.329 e. The van der Waals surface area contributed by atoms with Gasteiger partial charge in [-0.25, -0.2) is 0 Å². The predicted octanol–water partition coefficient (Wildman–Crippen LogP) is 2.63. The van der Waals surface area contributed by atoms with Crippen molar-refractivity contribution in [1.82, 2.24) is 4.90 Å². The van der Waals surface area contributed by atoms with Crippen LogP contribution >= 0.6 is 0 Å². The topological polar surface area (TPSA) is 29.3 Å². The van der Waals surface area contributed by atoms with Crippen LogP contribution in [0.2, 0.25) is 0 Å². The van der Waals surface area contributed by atoms with Crippen LogP contribution < -0.4 is 5.73 Å². The Kier molecular flexibility index (Phi) is 2.79. The Bertz CT molecular complexity index is 277. The van der Waals surface area contributed by atoms with Crippen molar-refractivity contribution in [1.29, 1.82) is 0 Å². The molecule has 2 aliphatic carbocycles. The summed E-state index contributed by atoms with van der Waals surface area (Å²) in [7, 11) is 0. The Balaban J connectivity index is 1.82. The standard InChI is InChI=1S/C15H28N2/c1-14(2)8-3-9-17(11-14)15(10-16,12-4-5-12)13-6-7-13/h12-13H,3-11,16H2,1-2H3. The fourth-order valence-electron chi connectivity index (χ4n) is 4.26. The van der Waals surface area contributed by atoms with E-state index in [1.807, 2.05) is 0 Å². The monoisotopic (exact) mass is 236 g/mol. The zero-order valence-electron chi connectivity index (χ0n) is 11.5. The van der Waals surface area contributed by atoms with E-state index in [-0.39, 0.29) is 0 Å². The zero-order chi connectivity index (χ0) is 12.1. The number of likely N-dealkylation sites (tertiary alicyclic amines) is 1. The molecule has 0 amide bonds. The van der Waals surface area contributed by atoms with Crippen molar-refractivity contribution in [3.63, 3.8) is 0 Å². The summed E-state index contributed by atoms with van der Waals surface area (Å²) >= 11 is 0. The molecule has 3 fully saturated rings. The number of nitrogens with zero attached hydrogens (tertiary/aromatic N) is 1. The first-order valence-electron chi connectivity index (χ1n) is 7.54. The minimum atomic E-state index is 0.400. The fourth-order valence-corrected chi connectivity index (χ4v) is 4.26. The summed E-state index contributed by atoms with van der Waals surface area (Å²) in [5.74, 6) is 1.85. The van der Waals surface area contributed by atoms with Crippen LogP contribution in [0.15, 0.2) is 0 Å². The second kappa shape index (κ2) is 3.96. The number of piperidine rings is 1. The molecule has 1 aliphatic heterocycles. The van der Waals surface area contributed by atoms with Crippen LogP contribution in [0.25, 0.3) is 0 Å². The molecule has 0 unspecified atom stereocenters. The summed E-state index contributed by atoms with van der Waals surface area (Å²) in [5.41, 5.74) is 7.17. The third-order valence-corrected chi connectivity index (χ3v) is 5.38. The van der Waals surface area contributed by atoms with Crippen LogP contribution in [0.4, 0.5) is 0 Å². The average Bonchev–Trinajstić information content (AvgIpc) is 3.13. The second-order valence-corrected chi connectivity index (χ2v) is 7.43. The van der Waals surface area contributed by atoms with Gasteiger partial charge in [-0.3, -0.25) is 4.90 Å². The maximum absolute atomic E-state index is 6.27. The lowest BCUT2D eigenvalue weighted by molar-refractivity contribution is -0.00902. The highest BCUT2D eigenvalue weighted by atomic mass is 15.2. The molecule has 0 atom stereocenters. The van der Waals surface area contributed by atoms with Gasteiger partial charge in [0.1, 0.15) is 0 Å². The molecular formula is C15H28N2. The minimum absolute atomic E-state index is 0.400. The van der Waals surface area contributed by atoms with Crippen LogP contribution in [0.5, 0.6) is 0 Å². The first-order valence-corrected chi connectivity index (χ1v) is 7.54. The van der Waals surface area contributed by atoms with Crippen LogP contribution in [0, 0.1) is 17.3 Å². The summed E-state index contributed by atoms with van der Waals surface area (Å²) in [5, 5.41) is 0. The lowest BCUT2D eigenvalue weighted by Crippen LogP contribution is -2.61. The van der Waals surface area contributed by atoms with Gasteiger partial charge in [-0.15, -0.1) is 0 Å². The summed E-state index contributed by atoms with van der Waals surface area (Å²) in [6, 6.07) is 0. The minimum Gasteiger partial charge on any atom is -0.329 e. The molecule has 3 aliphatic rings. The van der Waals surface area contributed by atoms with Crippen molar-refractivity contribution >= 4 is 0 Å². The van der Waals surface area contributed by atoms with E-state index >= 15 is 0 Å². The molecule has 1 saturated heterocycles. The molecule has 0 aromatic rings. The van der Waals surface area contributed by atoms with Crippen molar-refractivity contribution in [3.05, 3.63) is 0 Å². The van der Waals surface area contributed by atoms with Gasteiger partial charge >= 0.3 is 0 Å². The molecule has 0 bridgehead atoms. The average molecular weight is 236 g/mol. The number of hydrogen-bond donors (Lipinski definition) is 1. The lowest BCUT2D eigenvalue weighted by atomic mass is 9.78. The first-order chi connectivity index (χ1) is 8.08. The van der Waals surface area contributed by atoms with Crippen LogP contribution in [-0.2, 0) is 0 Å². The second-order valence-electron chi connectivity index (χ2n) is 7.43. The van der Waals surface area contributed by atoms with E-state index in [2.05, 4.69) is 18.7 Å². The highest BCUT2D eigenvalue weighted by Crippen LogP contribution is 2.55. The molecule has 0 aromatic carbocycles. The Morgan fingerprint density at radius 2 is 1.76 bits per heavy atom. The summed E-state index contributed by atoms with van der Waals surface area (Å²) in [6.07, 6.45) is 8.50. The number of rotatable bonds is 4. The van der Waals surface area contributed by atoms with Gasteiger partial charge in [0.05, 0.1) is 0 Å². The third kappa shape index (κ3) is 2.04. The van der Waals surface area contributed by atoms with Gasteiger partial charge in [-0.2, -0.15) is 0 Å². The molecule has 1 heterocycles. The van der Waals surface area contributed by atoms with Gasteiger partial charge < -0.3 is 5.73 Å². The van der Waals surface area contributed by atoms with Crippen LogP contribution in [0.3, 0.4) is 0 Å². The van der Waals surface area contributed by atoms with Crippen molar-refractivity contribution in [2.75, 3.05) is 19.6 Å². The normalized spacial score (nSPS) is 30.5.